The van der Waals surface area contributed by atoms with Gasteiger partial charge in [-0.25, -0.2) is 8.42 Å². The second-order valence-corrected chi connectivity index (χ2v) is 10.4. The van der Waals surface area contributed by atoms with Crippen LogP contribution in [0, 0.1) is 13.8 Å². The molecule has 0 unspecified atom stereocenters. The van der Waals surface area contributed by atoms with Crippen LogP contribution in [0.4, 0.5) is 11.4 Å². The number of hydrogen-bond acceptors (Lipinski definition) is 4. The molecule has 4 rings (SSSR count). The molecule has 0 atom stereocenters. The van der Waals surface area contributed by atoms with Crippen molar-refractivity contribution in [3.05, 3.63) is 124 Å². The number of carbonyl (C=O) groups is 2. The highest BCUT2D eigenvalue weighted by molar-refractivity contribution is 7.92. The van der Waals surface area contributed by atoms with E-state index in [1.54, 1.807) is 73.7 Å². The quantitative estimate of drug-likeness (QED) is 0.283. The highest BCUT2D eigenvalue weighted by Gasteiger charge is 2.21. The number of anilines is 2. The third-order valence-corrected chi connectivity index (χ3v) is 7.28. The number of amides is 1. The number of benzene rings is 4. The van der Waals surface area contributed by atoms with E-state index in [1.165, 1.54) is 18.2 Å². The summed E-state index contributed by atoms with van der Waals surface area (Å²) in [6, 6.07) is 24.6. The van der Waals surface area contributed by atoms with Gasteiger partial charge in [0.25, 0.3) is 15.9 Å². The Labute approximate surface area is 215 Å². The van der Waals surface area contributed by atoms with Crippen LogP contribution in [0.15, 0.2) is 95.9 Å². The molecule has 0 aliphatic carbocycles. The van der Waals surface area contributed by atoms with E-state index >= 15 is 0 Å². The van der Waals surface area contributed by atoms with Gasteiger partial charge in [-0.2, -0.15) is 0 Å². The average Bonchev–Trinajstić information content (AvgIpc) is 2.85. The van der Waals surface area contributed by atoms with Gasteiger partial charge in [0.1, 0.15) is 0 Å². The molecule has 0 bridgehead atoms. The normalized spacial score (nSPS) is 11.1. The van der Waals surface area contributed by atoms with Gasteiger partial charge in [0, 0.05) is 27.4 Å². The number of hydrogen-bond donors (Lipinski definition) is 2. The smallest absolute Gasteiger partial charge is 0.262 e. The molecule has 182 valence electrons. The summed E-state index contributed by atoms with van der Waals surface area (Å²) in [5, 5.41) is 3.07. The van der Waals surface area contributed by atoms with Crippen LogP contribution in [0.5, 0.6) is 0 Å². The van der Waals surface area contributed by atoms with Gasteiger partial charge in [0.15, 0.2) is 5.78 Å². The van der Waals surface area contributed by atoms with Crippen molar-refractivity contribution in [3.8, 4) is 0 Å². The maximum absolute atomic E-state index is 13.1. The van der Waals surface area contributed by atoms with Gasteiger partial charge in [-0.3, -0.25) is 14.3 Å². The highest BCUT2D eigenvalue weighted by Crippen LogP contribution is 2.26. The van der Waals surface area contributed by atoms with Gasteiger partial charge < -0.3 is 5.32 Å². The zero-order valence-electron chi connectivity index (χ0n) is 19.6. The minimum Gasteiger partial charge on any atom is -0.321 e. The molecule has 0 aromatic heterocycles. The summed E-state index contributed by atoms with van der Waals surface area (Å²) in [5.74, 6) is -0.866. The molecule has 0 aliphatic heterocycles. The Hall–Kier alpha value is -3.94. The third-order valence-electron chi connectivity index (χ3n) is 5.52. The number of nitrogens with one attached hydrogen (secondary N) is 2. The van der Waals surface area contributed by atoms with E-state index in [-0.39, 0.29) is 27.5 Å². The zero-order valence-corrected chi connectivity index (χ0v) is 21.2. The van der Waals surface area contributed by atoms with E-state index in [2.05, 4.69) is 10.0 Å². The maximum atomic E-state index is 13.1. The van der Waals surface area contributed by atoms with Gasteiger partial charge in [-0.15, -0.1) is 0 Å². The molecule has 1 amide bonds. The molecule has 8 heteroatoms. The number of carbonyl (C=O) groups excluding carboxylic acids is 2. The van der Waals surface area contributed by atoms with Crippen molar-refractivity contribution in [2.75, 3.05) is 10.0 Å². The second kappa shape index (κ2) is 10.4. The Morgan fingerprint density at radius 3 is 2.25 bits per heavy atom. The van der Waals surface area contributed by atoms with Crippen LogP contribution < -0.4 is 10.0 Å². The Kier molecular flexibility index (Phi) is 7.24. The van der Waals surface area contributed by atoms with Gasteiger partial charge in [0.2, 0.25) is 0 Å². The van der Waals surface area contributed by atoms with Crippen LogP contribution in [0.25, 0.3) is 0 Å². The summed E-state index contributed by atoms with van der Waals surface area (Å²) in [6.45, 7) is 3.52. The number of aryl methyl sites for hydroxylation is 2. The molecular formula is C28H23ClN2O4S. The van der Waals surface area contributed by atoms with Crippen molar-refractivity contribution in [1.29, 1.82) is 0 Å². The second-order valence-electron chi connectivity index (χ2n) is 8.29. The minimum absolute atomic E-state index is 0.0200. The fraction of sp³-hybridized carbons (Fsp3) is 0.0714. The maximum Gasteiger partial charge on any atom is 0.262 e. The lowest BCUT2D eigenvalue weighted by Gasteiger charge is -2.14. The highest BCUT2D eigenvalue weighted by atomic mass is 35.5. The topological polar surface area (TPSA) is 92.3 Å². The van der Waals surface area contributed by atoms with Crippen LogP contribution >= 0.6 is 11.6 Å². The molecule has 0 heterocycles. The predicted molar refractivity (Wildman–Crippen MR) is 142 cm³/mol. The molecule has 0 spiro atoms. The molecule has 2 N–H and O–H groups in total. The average molecular weight is 519 g/mol. The predicted octanol–water partition coefficient (Wildman–Crippen LogP) is 6.24. The fourth-order valence-electron chi connectivity index (χ4n) is 3.70. The summed E-state index contributed by atoms with van der Waals surface area (Å²) in [4.78, 5) is 26.2. The largest absolute Gasteiger partial charge is 0.321 e. The fourth-order valence-corrected chi connectivity index (χ4v) is 5.20. The van der Waals surface area contributed by atoms with Crippen LogP contribution in [0.3, 0.4) is 0 Å². The van der Waals surface area contributed by atoms with E-state index in [9.17, 15) is 18.0 Å². The van der Waals surface area contributed by atoms with Crippen LogP contribution in [-0.4, -0.2) is 20.1 Å². The van der Waals surface area contributed by atoms with Crippen molar-refractivity contribution in [2.24, 2.45) is 0 Å². The number of ketones is 1. The Morgan fingerprint density at radius 1 is 0.778 bits per heavy atom. The summed E-state index contributed by atoms with van der Waals surface area (Å²) < 4.78 is 28.8. The van der Waals surface area contributed by atoms with E-state index in [0.717, 1.165) is 5.56 Å². The van der Waals surface area contributed by atoms with Gasteiger partial charge in [-0.05, 0) is 67.4 Å². The third kappa shape index (κ3) is 5.64. The van der Waals surface area contributed by atoms with Gasteiger partial charge in [0.05, 0.1) is 10.6 Å². The summed E-state index contributed by atoms with van der Waals surface area (Å²) >= 11 is 6.13. The van der Waals surface area contributed by atoms with Crippen LogP contribution in [-0.2, 0) is 10.0 Å². The first kappa shape index (κ1) is 25.2. The van der Waals surface area contributed by atoms with E-state index in [1.807, 2.05) is 13.0 Å². The molecule has 0 fully saturated rings. The molecule has 0 aliphatic rings. The first-order chi connectivity index (χ1) is 17.1. The Balaban J connectivity index is 1.64. The zero-order chi connectivity index (χ0) is 25.9. The molecule has 36 heavy (non-hydrogen) atoms. The lowest BCUT2D eigenvalue weighted by molar-refractivity contribution is 0.102. The van der Waals surface area contributed by atoms with E-state index < -0.39 is 15.9 Å². The Bertz CT molecular complexity index is 1570. The summed E-state index contributed by atoms with van der Waals surface area (Å²) in [6.07, 6.45) is 0. The molecule has 4 aromatic rings. The van der Waals surface area contributed by atoms with Crippen LogP contribution in [0.1, 0.15) is 37.4 Å². The number of sulfonamides is 1. The summed E-state index contributed by atoms with van der Waals surface area (Å²) in [5.41, 5.74) is 2.88. The molecule has 4 aromatic carbocycles. The van der Waals surface area contributed by atoms with E-state index in [4.69, 9.17) is 11.6 Å². The minimum atomic E-state index is -3.95. The van der Waals surface area contributed by atoms with Crippen molar-refractivity contribution in [2.45, 2.75) is 18.7 Å². The molecule has 6 nitrogen and oxygen atoms in total. The number of halogens is 1. The lowest BCUT2D eigenvalue weighted by Crippen LogP contribution is -2.18. The molecule has 0 saturated heterocycles. The summed E-state index contributed by atoms with van der Waals surface area (Å²) in [7, 11) is -3.95. The first-order valence-corrected chi connectivity index (χ1v) is 12.9. The standard InChI is InChI=1S/C28H23ClN2O4S/c1-18-7-6-10-23(15-18)31-36(34,35)26-16-21(12-11-19(26)2)28(33)30-25-14-13-22(29)17-24(25)27(32)20-8-4-3-5-9-20/h3-17,31H,1-2H3,(H,30,33). The van der Waals surface area contributed by atoms with Crippen molar-refractivity contribution < 1.29 is 18.0 Å². The SMILES string of the molecule is Cc1cccc(NS(=O)(=O)c2cc(C(=O)Nc3ccc(Cl)cc3C(=O)c3ccccc3)ccc2C)c1. The molecule has 0 saturated carbocycles. The first-order valence-electron chi connectivity index (χ1n) is 11.0. The van der Waals surface area contributed by atoms with Gasteiger partial charge in [-0.1, -0.05) is 60.1 Å². The van der Waals surface area contributed by atoms with Gasteiger partial charge >= 0.3 is 0 Å². The van der Waals surface area contributed by atoms with Crippen molar-refractivity contribution in [3.63, 3.8) is 0 Å². The van der Waals surface area contributed by atoms with Crippen molar-refractivity contribution in [1.82, 2.24) is 0 Å². The Morgan fingerprint density at radius 2 is 1.53 bits per heavy atom. The lowest BCUT2D eigenvalue weighted by atomic mass is 10.0. The molecule has 0 radical (unpaired) electrons. The van der Waals surface area contributed by atoms with Crippen molar-refractivity contribution >= 4 is 44.7 Å². The van der Waals surface area contributed by atoms with Crippen LogP contribution in [0.2, 0.25) is 5.02 Å². The molecular weight excluding hydrogens is 496 g/mol. The number of rotatable bonds is 7. The monoisotopic (exact) mass is 518 g/mol. The van der Waals surface area contributed by atoms with E-state index in [0.29, 0.717) is 21.8 Å².